The van der Waals surface area contributed by atoms with Crippen molar-refractivity contribution in [3.8, 4) is 0 Å². The van der Waals surface area contributed by atoms with E-state index < -0.39 is 5.97 Å². The Bertz CT molecular complexity index is 1430. The minimum atomic E-state index is -0.700. The van der Waals surface area contributed by atoms with Crippen LogP contribution in [0.5, 0.6) is 0 Å². The maximum absolute atomic E-state index is 14.1. The number of carboxylic acid groups (broad SMARTS) is 1. The average molecular weight is 767 g/mol. The highest BCUT2D eigenvalue weighted by Crippen LogP contribution is 2.70. The molecule has 20 atom stereocenters. The summed E-state index contributed by atoms with van der Waals surface area (Å²) in [4.78, 5) is 25.6. The smallest absolute Gasteiger partial charge is 0.306 e. The first-order valence-corrected chi connectivity index (χ1v) is 23.4. The van der Waals surface area contributed by atoms with Gasteiger partial charge >= 0.3 is 11.9 Å². The molecule has 4 unspecified atom stereocenters. The van der Waals surface area contributed by atoms with Gasteiger partial charge in [0, 0.05) is 18.8 Å². The van der Waals surface area contributed by atoms with Crippen LogP contribution in [0.15, 0.2) is 0 Å². The van der Waals surface area contributed by atoms with Gasteiger partial charge < -0.3 is 25.2 Å². The molecule has 0 heterocycles. The van der Waals surface area contributed by atoms with Gasteiger partial charge in [0.1, 0.15) is 6.10 Å². The Labute approximate surface area is 332 Å². The molecule has 0 aromatic heterocycles. The quantitative estimate of drug-likeness (QED) is 0.173. The van der Waals surface area contributed by atoms with Crippen LogP contribution >= 0.6 is 0 Å². The molecule has 0 aromatic rings. The predicted octanol–water partition coefficient (Wildman–Crippen LogP) is 9.44. The summed E-state index contributed by atoms with van der Waals surface area (Å²) < 4.78 is 6.77. The van der Waals surface area contributed by atoms with E-state index in [1.165, 1.54) is 32.1 Å². The van der Waals surface area contributed by atoms with Gasteiger partial charge in [-0.15, -0.1) is 0 Å². The normalized spacial score (nSPS) is 52.7. The number of aliphatic carboxylic acids is 1. The lowest BCUT2D eigenvalue weighted by Crippen LogP contribution is -2.59. The van der Waals surface area contributed by atoms with Crippen molar-refractivity contribution in [2.75, 3.05) is 0 Å². The first-order chi connectivity index (χ1) is 26.0. The lowest BCUT2D eigenvalue weighted by Gasteiger charge is -2.62. The summed E-state index contributed by atoms with van der Waals surface area (Å²) in [7, 11) is 0. The van der Waals surface area contributed by atoms with Crippen LogP contribution in [0.3, 0.4) is 0 Å². The number of carboxylic acids is 1. The van der Waals surface area contributed by atoms with Gasteiger partial charge in [0.05, 0.1) is 18.3 Å². The lowest BCUT2D eigenvalue weighted by atomic mass is 9.43. The third-order valence-electron chi connectivity index (χ3n) is 20.7. The zero-order chi connectivity index (χ0) is 39.2. The summed E-state index contributed by atoms with van der Waals surface area (Å²) in [6, 6.07) is 0. The molecule has 4 N–H and O–H groups in total. The van der Waals surface area contributed by atoms with Gasteiger partial charge in [0.2, 0.25) is 0 Å². The van der Waals surface area contributed by atoms with Crippen molar-refractivity contribution in [1.29, 1.82) is 0 Å². The second kappa shape index (κ2) is 14.8. The maximum Gasteiger partial charge on any atom is 0.306 e. The first kappa shape index (κ1) is 40.6. The van der Waals surface area contributed by atoms with Gasteiger partial charge in [0.25, 0.3) is 0 Å². The number of carbonyl (C=O) groups is 2. The molecule has 0 amide bonds. The van der Waals surface area contributed by atoms with E-state index in [1.807, 2.05) is 0 Å². The Morgan fingerprint density at radius 2 is 1.04 bits per heavy atom. The molecule has 0 aliphatic heterocycles. The second-order valence-corrected chi connectivity index (χ2v) is 22.8. The number of hydrogen-bond acceptors (Lipinski definition) is 6. The molecule has 8 aliphatic carbocycles. The van der Waals surface area contributed by atoms with Gasteiger partial charge in [-0.1, -0.05) is 41.5 Å². The van der Waals surface area contributed by atoms with Crippen molar-refractivity contribution in [1.82, 2.24) is 0 Å². The van der Waals surface area contributed by atoms with Crippen LogP contribution in [-0.4, -0.2) is 56.8 Å². The summed E-state index contributed by atoms with van der Waals surface area (Å²) in [5.41, 5.74) is 0.743. The summed E-state index contributed by atoms with van der Waals surface area (Å²) in [5, 5.41) is 42.5. The number of esters is 1. The third kappa shape index (κ3) is 6.69. The first-order valence-electron chi connectivity index (χ1n) is 23.4. The fraction of sp³-hybridized carbons (Fsp3) is 0.958. The SMILES string of the molecule is C[C@H](CCC(=O)O)[C@H]1CC[C@H]2[C@@H]3[C@H](OC(=O)CC[C@@H](C)[C@H]4CCC5C6C(CC[C@@]54C)[C@@]4(C)CC[C@@H](O)CC4C[C@H]6O)C[C@@H]4C[C@H](O)CC[C@]4(C)[C@H]3CC[C@]12C. The molecule has 0 bridgehead atoms. The van der Waals surface area contributed by atoms with E-state index in [2.05, 4.69) is 41.5 Å². The van der Waals surface area contributed by atoms with Gasteiger partial charge in [-0.2, -0.15) is 0 Å². The van der Waals surface area contributed by atoms with Crippen LogP contribution in [0.2, 0.25) is 0 Å². The van der Waals surface area contributed by atoms with Crippen molar-refractivity contribution in [2.45, 2.75) is 194 Å². The molecule has 8 fully saturated rings. The topological polar surface area (TPSA) is 124 Å². The molecular formula is C48H78O7. The van der Waals surface area contributed by atoms with Crippen LogP contribution in [0, 0.1) is 92.7 Å². The number of carbonyl (C=O) groups excluding carboxylic acids is 1. The van der Waals surface area contributed by atoms with Crippen molar-refractivity contribution in [3.63, 3.8) is 0 Å². The van der Waals surface area contributed by atoms with E-state index in [-0.39, 0.29) is 58.5 Å². The fourth-order valence-corrected chi connectivity index (χ4v) is 17.8. The highest BCUT2D eigenvalue weighted by Gasteiger charge is 2.65. The van der Waals surface area contributed by atoms with E-state index in [0.29, 0.717) is 77.4 Å². The van der Waals surface area contributed by atoms with E-state index in [4.69, 9.17) is 4.74 Å². The fourth-order valence-electron chi connectivity index (χ4n) is 17.8. The van der Waals surface area contributed by atoms with Crippen molar-refractivity contribution < 1.29 is 34.8 Å². The standard InChI is InChI=1S/C48H78O7/c1-27(7-13-41(52)53)33-10-12-36-44-38(18-22-48(33,36)6)46(4)20-16-32(50)24-30(46)26-40(44)55-42(54)14-8-28(2)34-9-11-35-43-37(17-21-47(34,35)5)45(3)19-15-31(49)23-29(45)25-39(43)51/h27-40,43-44,49-51H,7-26H2,1-6H3,(H,52,53)/t27-,28-,29?,30+,31-,32-,33-,34-,35?,36+,37?,38+,39-,40-,43?,44+,45+,46+,47-,48-/m1/s1. The number of aliphatic hydroxyl groups is 3. The van der Waals surface area contributed by atoms with Crippen molar-refractivity contribution in [3.05, 3.63) is 0 Å². The third-order valence-corrected chi connectivity index (χ3v) is 20.7. The molecule has 0 saturated heterocycles. The molecule has 7 heteroatoms. The molecule has 7 nitrogen and oxygen atoms in total. The second-order valence-electron chi connectivity index (χ2n) is 22.8. The van der Waals surface area contributed by atoms with Crippen molar-refractivity contribution in [2.24, 2.45) is 92.7 Å². The Morgan fingerprint density at radius 3 is 1.58 bits per heavy atom. The largest absolute Gasteiger partial charge is 0.481 e. The minimum Gasteiger partial charge on any atom is -0.481 e. The molecule has 55 heavy (non-hydrogen) atoms. The molecule has 0 spiro atoms. The highest BCUT2D eigenvalue weighted by molar-refractivity contribution is 5.69. The van der Waals surface area contributed by atoms with E-state index in [0.717, 1.165) is 83.5 Å². The molecule has 8 saturated carbocycles. The summed E-state index contributed by atoms with van der Waals surface area (Å²) in [6.07, 6.45) is 18.2. The Hall–Kier alpha value is -1.18. The zero-order valence-electron chi connectivity index (χ0n) is 35.4. The van der Waals surface area contributed by atoms with Crippen LogP contribution in [0.25, 0.3) is 0 Å². The van der Waals surface area contributed by atoms with Crippen LogP contribution in [-0.2, 0) is 14.3 Å². The van der Waals surface area contributed by atoms with Crippen LogP contribution in [0.1, 0.15) is 170 Å². The molecule has 0 aromatic carbocycles. The van der Waals surface area contributed by atoms with Gasteiger partial charge in [-0.3, -0.25) is 9.59 Å². The van der Waals surface area contributed by atoms with Gasteiger partial charge in [-0.25, -0.2) is 0 Å². The number of ether oxygens (including phenoxy) is 1. The molecular weight excluding hydrogens is 689 g/mol. The van der Waals surface area contributed by atoms with Crippen LogP contribution in [0.4, 0.5) is 0 Å². The molecule has 0 radical (unpaired) electrons. The predicted molar refractivity (Wildman–Crippen MR) is 214 cm³/mol. The monoisotopic (exact) mass is 767 g/mol. The Balaban J connectivity index is 0.945. The van der Waals surface area contributed by atoms with E-state index in [1.54, 1.807) is 0 Å². The number of rotatable bonds is 9. The number of fused-ring (bicyclic) bond motifs is 10. The lowest BCUT2D eigenvalue weighted by molar-refractivity contribution is -0.196. The summed E-state index contributed by atoms with van der Waals surface area (Å²) >= 11 is 0. The molecule has 312 valence electrons. The zero-order valence-corrected chi connectivity index (χ0v) is 35.4. The van der Waals surface area contributed by atoms with Gasteiger partial charge in [0.15, 0.2) is 0 Å². The number of hydrogen-bond donors (Lipinski definition) is 4. The van der Waals surface area contributed by atoms with E-state index >= 15 is 0 Å². The van der Waals surface area contributed by atoms with E-state index in [9.17, 15) is 30.0 Å². The Kier molecular flexibility index (Phi) is 10.9. The van der Waals surface area contributed by atoms with Crippen LogP contribution < -0.4 is 0 Å². The molecule has 8 rings (SSSR count). The minimum absolute atomic E-state index is 0.0308. The number of aliphatic hydroxyl groups excluding tert-OH is 3. The average Bonchev–Trinajstić information content (AvgIpc) is 3.67. The summed E-state index contributed by atoms with van der Waals surface area (Å²) in [5.74, 6) is 4.70. The molecule has 8 aliphatic rings. The summed E-state index contributed by atoms with van der Waals surface area (Å²) in [6.45, 7) is 14.7. The van der Waals surface area contributed by atoms with Crippen molar-refractivity contribution >= 4 is 11.9 Å². The highest BCUT2D eigenvalue weighted by atomic mass is 16.5. The Morgan fingerprint density at radius 1 is 0.582 bits per heavy atom. The van der Waals surface area contributed by atoms with Gasteiger partial charge in [-0.05, 0) is 202 Å². The maximum atomic E-state index is 14.1.